The Morgan fingerprint density at radius 2 is 1.88 bits per heavy atom. The number of anilines is 1. The Bertz CT molecular complexity index is 308. The molecule has 0 spiro atoms. The van der Waals surface area contributed by atoms with Crippen LogP contribution in [0.5, 0.6) is 0 Å². The van der Waals surface area contributed by atoms with E-state index in [9.17, 15) is 0 Å². The number of halogens is 2. The lowest BCUT2D eigenvalue weighted by Gasteiger charge is -2.28. The molecule has 3 N–H and O–H groups in total. The molecule has 1 fully saturated rings. The fraction of sp³-hybridized carbons (Fsp3) is 0.600. The van der Waals surface area contributed by atoms with Crippen molar-refractivity contribution in [3.63, 3.8) is 0 Å². The summed E-state index contributed by atoms with van der Waals surface area (Å²) in [4.78, 5) is 10.8. The van der Waals surface area contributed by atoms with E-state index in [1.165, 1.54) is 0 Å². The second-order valence-electron chi connectivity index (χ2n) is 3.46. The number of rotatable bonds is 2. The highest BCUT2D eigenvalue weighted by atomic mass is 35.5. The summed E-state index contributed by atoms with van der Waals surface area (Å²) in [6, 6.07) is 2.09. The molecule has 2 heterocycles. The van der Waals surface area contributed by atoms with Crippen molar-refractivity contribution < 1.29 is 5.48 Å². The monoisotopic (exact) mass is 282 g/mol. The van der Waals surface area contributed by atoms with Crippen LogP contribution >= 0.6 is 24.8 Å². The largest absolute Gasteiger partial charge is 0.412 e. The molecule has 0 atom stereocenters. The van der Waals surface area contributed by atoms with Crippen LogP contribution in [0, 0.1) is 0 Å². The Morgan fingerprint density at radius 3 is 2.47 bits per heavy atom. The molecule has 0 amide bonds. The van der Waals surface area contributed by atoms with Gasteiger partial charge in [-0.05, 0) is 6.42 Å². The van der Waals surface area contributed by atoms with Crippen LogP contribution in [-0.2, 0) is 6.42 Å². The second kappa shape index (κ2) is 9.41. The van der Waals surface area contributed by atoms with Crippen LogP contribution in [0.1, 0.15) is 12.6 Å². The summed E-state index contributed by atoms with van der Waals surface area (Å²) in [5.41, 5.74) is 1.12. The van der Waals surface area contributed by atoms with Gasteiger partial charge in [0.25, 0.3) is 0 Å². The third kappa shape index (κ3) is 5.04. The summed E-state index contributed by atoms with van der Waals surface area (Å²) in [6.45, 7) is 6.29. The topological polar surface area (TPSA) is 72.5 Å². The van der Waals surface area contributed by atoms with Crippen molar-refractivity contribution in [3.05, 3.63) is 18.1 Å². The molecule has 1 saturated heterocycles. The summed E-state index contributed by atoms with van der Waals surface area (Å²) >= 11 is 0. The highest BCUT2D eigenvalue weighted by Crippen LogP contribution is 2.11. The third-order valence-corrected chi connectivity index (χ3v) is 2.51. The number of aromatic nitrogens is 2. The molecule has 1 aromatic heterocycles. The summed E-state index contributed by atoms with van der Waals surface area (Å²) in [7, 11) is 0. The predicted octanol–water partition coefficient (Wildman–Crippen LogP) is 0.467. The molecular formula is C10H20Cl2N4O. The van der Waals surface area contributed by atoms with Gasteiger partial charge >= 0.3 is 0 Å². The quantitative estimate of drug-likeness (QED) is 0.856. The molecule has 0 radical (unpaired) electrons. The molecular weight excluding hydrogens is 263 g/mol. The van der Waals surface area contributed by atoms with Crippen LogP contribution in [-0.4, -0.2) is 41.6 Å². The van der Waals surface area contributed by atoms with E-state index in [0.29, 0.717) is 0 Å². The van der Waals surface area contributed by atoms with Gasteiger partial charge in [-0.15, -0.1) is 24.8 Å². The molecule has 0 unspecified atom stereocenters. The van der Waals surface area contributed by atoms with Crippen LogP contribution in [0.4, 0.5) is 5.82 Å². The highest BCUT2D eigenvalue weighted by Gasteiger charge is 2.11. The first-order chi connectivity index (χ1) is 6.90. The average Bonchev–Trinajstić information content (AvgIpc) is 2.30. The fourth-order valence-electron chi connectivity index (χ4n) is 1.65. The summed E-state index contributed by atoms with van der Waals surface area (Å²) in [5, 5.41) is 3.33. The van der Waals surface area contributed by atoms with E-state index >= 15 is 0 Å². The number of hydrogen-bond acceptors (Lipinski definition) is 4. The van der Waals surface area contributed by atoms with E-state index < -0.39 is 0 Å². The van der Waals surface area contributed by atoms with Crippen molar-refractivity contribution in [1.29, 1.82) is 0 Å². The van der Waals surface area contributed by atoms with Gasteiger partial charge in [0.1, 0.15) is 12.1 Å². The Labute approximate surface area is 114 Å². The predicted molar refractivity (Wildman–Crippen MR) is 74.6 cm³/mol. The van der Waals surface area contributed by atoms with Crippen LogP contribution in [0.25, 0.3) is 0 Å². The van der Waals surface area contributed by atoms with Gasteiger partial charge in [0, 0.05) is 37.9 Å². The standard InChI is InChI=1S/C10H16N4.2ClH.H2O/c1-2-9-7-10(13-8-12-9)14-5-3-11-4-6-14;;;/h7-8,11H,2-6H2,1H3;2*1H;1H2. The molecule has 0 bridgehead atoms. The van der Waals surface area contributed by atoms with Gasteiger partial charge in [-0.25, -0.2) is 9.97 Å². The van der Waals surface area contributed by atoms with Crippen LogP contribution in [0.2, 0.25) is 0 Å². The second-order valence-corrected chi connectivity index (χ2v) is 3.46. The van der Waals surface area contributed by atoms with Gasteiger partial charge in [-0.3, -0.25) is 0 Å². The average molecular weight is 283 g/mol. The van der Waals surface area contributed by atoms with Crippen LogP contribution in [0.3, 0.4) is 0 Å². The molecule has 100 valence electrons. The van der Waals surface area contributed by atoms with Gasteiger partial charge in [-0.2, -0.15) is 0 Å². The summed E-state index contributed by atoms with van der Waals surface area (Å²) < 4.78 is 0. The normalized spacial score (nSPS) is 14.1. The number of aryl methyl sites for hydroxylation is 1. The minimum absolute atomic E-state index is 0. The lowest BCUT2D eigenvalue weighted by Crippen LogP contribution is -2.43. The van der Waals surface area contributed by atoms with E-state index in [1.54, 1.807) is 6.33 Å². The SMILES string of the molecule is CCc1cc(N2CCNCC2)ncn1.Cl.Cl.O. The maximum Gasteiger partial charge on any atom is 0.132 e. The van der Waals surface area contributed by atoms with Crippen molar-refractivity contribution in [1.82, 2.24) is 15.3 Å². The Kier molecular flexibility index (Phi) is 10.4. The zero-order chi connectivity index (χ0) is 9.80. The molecule has 1 aliphatic rings. The van der Waals surface area contributed by atoms with Gasteiger partial charge in [0.15, 0.2) is 0 Å². The summed E-state index contributed by atoms with van der Waals surface area (Å²) in [5.74, 6) is 1.07. The third-order valence-electron chi connectivity index (χ3n) is 2.51. The van der Waals surface area contributed by atoms with Gasteiger partial charge in [0.2, 0.25) is 0 Å². The van der Waals surface area contributed by atoms with Crippen molar-refractivity contribution in [2.75, 3.05) is 31.1 Å². The maximum atomic E-state index is 4.30. The zero-order valence-electron chi connectivity index (χ0n) is 9.85. The van der Waals surface area contributed by atoms with Crippen molar-refractivity contribution >= 4 is 30.6 Å². The van der Waals surface area contributed by atoms with Crippen LogP contribution < -0.4 is 10.2 Å². The number of hydrogen-bond donors (Lipinski definition) is 1. The van der Waals surface area contributed by atoms with Crippen molar-refractivity contribution in [2.45, 2.75) is 13.3 Å². The zero-order valence-corrected chi connectivity index (χ0v) is 11.5. The lowest BCUT2D eigenvalue weighted by molar-refractivity contribution is 0.584. The summed E-state index contributed by atoms with van der Waals surface area (Å²) in [6.07, 6.45) is 2.64. The van der Waals surface area contributed by atoms with Gasteiger partial charge < -0.3 is 15.7 Å². The van der Waals surface area contributed by atoms with Crippen molar-refractivity contribution in [2.24, 2.45) is 0 Å². The smallest absolute Gasteiger partial charge is 0.132 e. The van der Waals surface area contributed by atoms with E-state index in [-0.39, 0.29) is 30.3 Å². The lowest BCUT2D eigenvalue weighted by atomic mass is 10.3. The number of nitrogens with one attached hydrogen (secondary N) is 1. The minimum atomic E-state index is 0. The van der Waals surface area contributed by atoms with E-state index in [1.807, 2.05) is 0 Å². The van der Waals surface area contributed by atoms with Crippen molar-refractivity contribution in [3.8, 4) is 0 Å². The molecule has 0 saturated carbocycles. The first-order valence-electron chi connectivity index (χ1n) is 5.16. The first kappa shape index (κ1) is 18.7. The van der Waals surface area contributed by atoms with E-state index in [0.717, 1.165) is 44.1 Å². The molecule has 0 aromatic carbocycles. The van der Waals surface area contributed by atoms with Crippen LogP contribution in [0.15, 0.2) is 12.4 Å². The Morgan fingerprint density at radius 1 is 1.24 bits per heavy atom. The Hall–Kier alpha value is -0.620. The van der Waals surface area contributed by atoms with E-state index in [2.05, 4.69) is 33.2 Å². The molecule has 2 rings (SSSR count). The molecule has 1 aromatic rings. The minimum Gasteiger partial charge on any atom is -0.412 e. The van der Waals surface area contributed by atoms with Gasteiger partial charge in [0.05, 0.1) is 0 Å². The molecule has 5 nitrogen and oxygen atoms in total. The van der Waals surface area contributed by atoms with E-state index in [4.69, 9.17) is 0 Å². The molecule has 7 heteroatoms. The fourth-order valence-corrected chi connectivity index (χ4v) is 1.65. The molecule has 17 heavy (non-hydrogen) atoms. The molecule has 0 aliphatic carbocycles. The highest BCUT2D eigenvalue weighted by molar-refractivity contribution is 5.85. The maximum absolute atomic E-state index is 4.30. The molecule has 1 aliphatic heterocycles. The number of piperazine rings is 1. The number of nitrogens with zero attached hydrogens (tertiary/aromatic N) is 3. The van der Waals surface area contributed by atoms with Gasteiger partial charge in [-0.1, -0.05) is 6.92 Å². The Balaban J connectivity index is 0. The first-order valence-corrected chi connectivity index (χ1v) is 5.16.